The molecule has 0 aliphatic carbocycles. The van der Waals surface area contributed by atoms with Crippen molar-refractivity contribution in [2.75, 3.05) is 26.4 Å². The molecule has 1 rings (SSSR count). The normalized spacial score (nSPS) is 12.5. The van der Waals surface area contributed by atoms with Gasteiger partial charge in [0.1, 0.15) is 0 Å². The summed E-state index contributed by atoms with van der Waals surface area (Å²) >= 11 is 0. The van der Waals surface area contributed by atoms with Crippen molar-refractivity contribution in [3.63, 3.8) is 0 Å². The molecule has 0 fully saturated rings. The molecular formula is C16H29IN4O2S. The number of benzene rings is 1. The van der Waals surface area contributed by atoms with Crippen molar-refractivity contribution in [3.05, 3.63) is 35.9 Å². The first-order valence-electron chi connectivity index (χ1n) is 7.65. The summed E-state index contributed by atoms with van der Waals surface area (Å²) < 4.78 is 25.4. The van der Waals surface area contributed by atoms with Crippen molar-refractivity contribution in [1.29, 1.82) is 0 Å². The van der Waals surface area contributed by atoms with Crippen LogP contribution in [0.4, 0.5) is 0 Å². The van der Waals surface area contributed by atoms with Crippen molar-refractivity contribution < 1.29 is 8.42 Å². The number of sulfonamides is 1. The quantitative estimate of drug-likeness (QED) is 0.365. The van der Waals surface area contributed by atoms with E-state index in [4.69, 9.17) is 0 Å². The summed E-state index contributed by atoms with van der Waals surface area (Å²) in [6, 6.07) is 10.1. The van der Waals surface area contributed by atoms with Crippen molar-refractivity contribution in [2.24, 2.45) is 4.99 Å². The molecule has 0 aliphatic heterocycles. The Kier molecular flexibility index (Phi) is 9.83. The lowest BCUT2D eigenvalue weighted by Crippen LogP contribution is -2.46. The van der Waals surface area contributed by atoms with Crippen LogP contribution in [0.1, 0.15) is 26.3 Å². The van der Waals surface area contributed by atoms with E-state index in [0.717, 1.165) is 25.3 Å². The van der Waals surface area contributed by atoms with Crippen LogP contribution in [0.5, 0.6) is 0 Å². The molecule has 6 nitrogen and oxygen atoms in total. The van der Waals surface area contributed by atoms with E-state index < -0.39 is 15.6 Å². The minimum absolute atomic E-state index is 0. The minimum Gasteiger partial charge on any atom is -0.357 e. The Labute approximate surface area is 163 Å². The molecule has 0 atom stereocenters. The average Bonchev–Trinajstić information content (AvgIpc) is 2.41. The second-order valence-electron chi connectivity index (χ2n) is 6.27. The maximum Gasteiger partial charge on any atom is 0.209 e. The molecule has 24 heavy (non-hydrogen) atoms. The lowest BCUT2D eigenvalue weighted by molar-refractivity contribution is 0.446. The van der Waals surface area contributed by atoms with Gasteiger partial charge in [-0.05, 0) is 26.3 Å². The van der Waals surface area contributed by atoms with Gasteiger partial charge in [0.2, 0.25) is 10.0 Å². The van der Waals surface area contributed by atoms with Crippen LogP contribution in [-0.2, 0) is 16.6 Å². The van der Waals surface area contributed by atoms with Crippen LogP contribution in [0.2, 0.25) is 0 Å². The molecule has 0 spiro atoms. The van der Waals surface area contributed by atoms with E-state index in [1.54, 1.807) is 0 Å². The van der Waals surface area contributed by atoms with Gasteiger partial charge in [0, 0.05) is 25.7 Å². The molecule has 0 heterocycles. The van der Waals surface area contributed by atoms with Crippen LogP contribution in [0, 0.1) is 0 Å². The van der Waals surface area contributed by atoms with E-state index >= 15 is 0 Å². The fourth-order valence-electron chi connectivity index (χ4n) is 2.21. The standard InChI is InChI=1S/C16H28N4O2S.HI/c1-6-17-15(18-13-16(2,3)19-23(5,21)22)20(4)12-14-10-8-7-9-11-14;/h7-11,19H,6,12-13H2,1-5H3,(H,17,18);1H. The van der Waals surface area contributed by atoms with Gasteiger partial charge in [0.25, 0.3) is 0 Å². The van der Waals surface area contributed by atoms with Crippen LogP contribution >= 0.6 is 24.0 Å². The maximum atomic E-state index is 11.4. The molecule has 0 amide bonds. The number of hydrogen-bond acceptors (Lipinski definition) is 3. The zero-order chi connectivity index (χ0) is 17.5. The van der Waals surface area contributed by atoms with Crippen LogP contribution in [0.3, 0.4) is 0 Å². The van der Waals surface area contributed by atoms with Gasteiger partial charge in [0.05, 0.1) is 12.8 Å². The number of aliphatic imine (C=N–C) groups is 1. The number of halogens is 1. The highest BCUT2D eigenvalue weighted by molar-refractivity contribution is 14.0. The van der Waals surface area contributed by atoms with E-state index in [9.17, 15) is 8.42 Å². The highest BCUT2D eigenvalue weighted by Gasteiger charge is 2.22. The summed E-state index contributed by atoms with van der Waals surface area (Å²) in [5.41, 5.74) is 0.552. The number of rotatable bonds is 7. The first kappa shape index (κ1) is 23.1. The lowest BCUT2D eigenvalue weighted by Gasteiger charge is -2.26. The predicted molar refractivity (Wildman–Crippen MR) is 111 cm³/mol. The lowest BCUT2D eigenvalue weighted by atomic mass is 10.1. The van der Waals surface area contributed by atoms with Crippen molar-refractivity contribution in [3.8, 4) is 0 Å². The predicted octanol–water partition coefficient (Wildman–Crippen LogP) is 2.03. The Morgan fingerprint density at radius 2 is 1.83 bits per heavy atom. The Balaban J connectivity index is 0.00000529. The molecule has 0 saturated heterocycles. The zero-order valence-electron chi connectivity index (χ0n) is 15.0. The third-order valence-electron chi connectivity index (χ3n) is 3.04. The van der Waals surface area contributed by atoms with Gasteiger partial charge < -0.3 is 10.2 Å². The molecule has 0 aliphatic rings. The van der Waals surface area contributed by atoms with Crippen molar-refractivity contribution >= 4 is 40.0 Å². The highest BCUT2D eigenvalue weighted by Crippen LogP contribution is 2.07. The summed E-state index contributed by atoms with van der Waals surface area (Å²) in [6.45, 7) is 7.47. The summed E-state index contributed by atoms with van der Waals surface area (Å²) in [7, 11) is -1.30. The van der Waals surface area contributed by atoms with Gasteiger partial charge in [-0.1, -0.05) is 30.3 Å². The molecule has 138 valence electrons. The first-order valence-corrected chi connectivity index (χ1v) is 9.54. The Morgan fingerprint density at radius 3 is 2.33 bits per heavy atom. The number of hydrogen-bond donors (Lipinski definition) is 2. The Morgan fingerprint density at radius 1 is 1.25 bits per heavy atom. The minimum atomic E-state index is -3.26. The van der Waals surface area contributed by atoms with Gasteiger partial charge in [-0.25, -0.2) is 13.1 Å². The smallest absolute Gasteiger partial charge is 0.209 e. The van der Waals surface area contributed by atoms with Gasteiger partial charge in [-0.3, -0.25) is 4.99 Å². The fraction of sp³-hybridized carbons (Fsp3) is 0.562. The molecule has 0 unspecified atom stereocenters. The second kappa shape index (κ2) is 10.2. The molecule has 0 saturated carbocycles. The van der Waals surface area contributed by atoms with Gasteiger partial charge in [-0.2, -0.15) is 0 Å². The van der Waals surface area contributed by atoms with E-state index in [-0.39, 0.29) is 24.0 Å². The summed E-state index contributed by atoms with van der Waals surface area (Å²) in [6.07, 6.45) is 1.16. The number of guanidine groups is 1. The van der Waals surface area contributed by atoms with E-state index in [1.807, 2.05) is 50.9 Å². The van der Waals surface area contributed by atoms with Crippen LogP contribution in [-0.4, -0.2) is 51.2 Å². The Bertz CT molecular complexity index is 618. The van der Waals surface area contributed by atoms with Gasteiger partial charge in [0.15, 0.2) is 5.96 Å². The maximum absolute atomic E-state index is 11.4. The SMILES string of the molecule is CCNC(=NCC(C)(C)NS(C)(=O)=O)N(C)Cc1ccccc1.I. The van der Waals surface area contributed by atoms with E-state index in [0.29, 0.717) is 6.54 Å². The Hall–Kier alpha value is -0.870. The molecular weight excluding hydrogens is 439 g/mol. The zero-order valence-corrected chi connectivity index (χ0v) is 18.2. The molecule has 0 aromatic heterocycles. The first-order chi connectivity index (χ1) is 10.6. The summed E-state index contributed by atoms with van der Waals surface area (Å²) in [5.74, 6) is 0.750. The van der Waals surface area contributed by atoms with Gasteiger partial charge >= 0.3 is 0 Å². The largest absolute Gasteiger partial charge is 0.357 e. The van der Waals surface area contributed by atoms with Crippen molar-refractivity contribution in [2.45, 2.75) is 32.9 Å². The highest BCUT2D eigenvalue weighted by atomic mass is 127. The molecule has 1 aromatic carbocycles. The summed E-state index contributed by atoms with van der Waals surface area (Å²) in [5, 5.41) is 3.24. The van der Waals surface area contributed by atoms with Crippen LogP contribution in [0.25, 0.3) is 0 Å². The number of nitrogens with one attached hydrogen (secondary N) is 2. The molecule has 0 radical (unpaired) electrons. The monoisotopic (exact) mass is 468 g/mol. The molecule has 0 bridgehead atoms. The molecule has 2 N–H and O–H groups in total. The van der Waals surface area contributed by atoms with Crippen molar-refractivity contribution in [1.82, 2.24) is 14.9 Å². The van der Waals surface area contributed by atoms with Crippen LogP contribution in [0.15, 0.2) is 35.3 Å². The average molecular weight is 468 g/mol. The third kappa shape index (κ3) is 9.43. The topological polar surface area (TPSA) is 73.8 Å². The molecule has 8 heteroatoms. The summed E-state index contributed by atoms with van der Waals surface area (Å²) in [4.78, 5) is 6.59. The van der Waals surface area contributed by atoms with E-state index in [2.05, 4.69) is 27.2 Å². The van der Waals surface area contributed by atoms with E-state index in [1.165, 1.54) is 5.56 Å². The number of nitrogens with zero attached hydrogens (tertiary/aromatic N) is 2. The van der Waals surface area contributed by atoms with Gasteiger partial charge in [-0.15, -0.1) is 24.0 Å². The molecule has 1 aromatic rings. The van der Waals surface area contributed by atoms with Crippen LogP contribution < -0.4 is 10.0 Å². The third-order valence-corrected chi connectivity index (χ3v) is 3.97. The second-order valence-corrected chi connectivity index (χ2v) is 8.02. The fourth-order valence-corrected chi connectivity index (χ4v) is 3.28.